The molecule has 9 nitrogen and oxygen atoms in total. The van der Waals surface area contributed by atoms with E-state index in [2.05, 4.69) is 35.7 Å². The van der Waals surface area contributed by atoms with Gasteiger partial charge in [0.15, 0.2) is 5.82 Å². The number of amides is 1. The molecule has 3 aromatic heterocycles. The quantitative estimate of drug-likeness (QED) is 0.338. The molecule has 0 saturated carbocycles. The Morgan fingerprint density at radius 1 is 1.00 bits per heavy atom. The van der Waals surface area contributed by atoms with Gasteiger partial charge < -0.3 is 10.3 Å². The summed E-state index contributed by atoms with van der Waals surface area (Å²) >= 11 is 0. The second-order valence-corrected chi connectivity index (χ2v) is 6.06. The van der Waals surface area contributed by atoms with Crippen LogP contribution in [0.25, 0.3) is 33.5 Å². The summed E-state index contributed by atoms with van der Waals surface area (Å²) in [4.78, 5) is 31.3. The van der Waals surface area contributed by atoms with E-state index in [1.165, 1.54) is 6.07 Å². The Bertz CT molecular complexity index is 1320. The number of hydrogen-bond donors (Lipinski definition) is 5. The zero-order valence-electron chi connectivity index (χ0n) is 13.8. The van der Waals surface area contributed by atoms with Crippen molar-refractivity contribution in [3.05, 3.63) is 64.4 Å². The molecule has 132 valence electrons. The minimum absolute atomic E-state index is 0.303. The summed E-state index contributed by atoms with van der Waals surface area (Å²) in [7, 11) is 0. The Morgan fingerprint density at radius 2 is 1.89 bits per heavy atom. The number of carbonyl (C=O) groups excluding carboxylic acids is 1. The van der Waals surface area contributed by atoms with Crippen molar-refractivity contribution in [1.82, 2.24) is 30.4 Å². The van der Waals surface area contributed by atoms with Crippen LogP contribution < -0.4 is 10.9 Å². The molecular weight excluding hydrogens is 346 g/mol. The molecule has 0 spiro atoms. The zero-order valence-corrected chi connectivity index (χ0v) is 13.8. The van der Waals surface area contributed by atoms with E-state index in [0.29, 0.717) is 28.4 Å². The summed E-state index contributed by atoms with van der Waals surface area (Å²) < 4.78 is 0. The lowest BCUT2D eigenvalue weighted by atomic mass is 10.1. The third-order valence-electron chi connectivity index (χ3n) is 4.28. The first-order chi connectivity index (χ1) is 13.2. The minimum atomic E-state index is -0.341. The van der Waals surface area contributed by atoms with Gasteiger partial charge in [-0.3, -0.25) is 24.9 Å². The maximum absolute atomic E-state index is 12.4. The number of para-hydroxylation sites is 2. The number of rotatable bonds is 3. The lowest BCUT2D eigenvalue weighted by Gasteiger charge is -2.02. The van der Waals surface area contributed by atoms with Gasteiger partial charge in [-0.05, 0) is 30.3 Å². The number of aromatic amines is 4. The monoisotopic (exact) mass is 359 g/mol. The summed E-state index contributed by atoms with van der Waals surface area (Å²) in [6.07, 6.45) is 0. The zero-order chi connectivity index (χ0) is 18.4. The van der Waals surface area contributed by atoms with Gasteiger partial charge in [-0.25, -0.2) is 4.98 Å². The highest BCUT2D eigenvalue weighted by molar-refractivity contribution is 6.06. The average molecular weight is 359 g/mol. The molecule has 5 aromatic rings. The van der Waals surface area contributed by atoms with Crippen LogP contribution in [0.3, 0.4) is 0 Å². The van der Waals surface area contributed by atoms with E-state index < -0.39 is 0 Å². The van der Waals surface area contributed by atoms with Crippen LogP contribution in [0, 0.1) is 0 Å². The maximum atomic E-state index is 12.4. The first-order valence-electron chi connectivity index (χ1n) is 8.20. The number of hydrogen-bond acceptors (Lipinski definition) is 4. The first-order valence-corrected chi connectivity index (χ1v) is 8.20. The van der Waals surface area contributed by atoms with Gasteiger partial charge >= 0.3 is 0 Å². The molecule has 0 unspecified atom stereocenters. The minimum Gasteiger partial charge on any atom is -0.337 e. The molecule has 2 aromatic carbocycles. The Hall–Kier alpha value is -4.14. The third-order valence-corrected chi connectivity index (χ3v) is 4.28. The van der Waals surface area contributed by atoms with Crippen molar-refractivity contribution in [2.45, 2.75) is 0 Å². The number of aromatic nitrogens is 6. The molecule has 0 bridgehead atoms. The predicted octanol–water partition coefficient (Wildman–Crippen LogP) is 2.37. The van der Waals surface area contributed by atoms with Gasteiger partial charge in [0.1, 0.15) is 11.5 Å². The predicted molar refractivity (Wildman–Crippen MR) is 101 cm³/mol. The standard InChI is InChI=1S/C18H13N7O2/c26-15-8-14(23-24-15)21-18(27)9-5-6-10-13(7-9)22-25-16(10)17-19-11-3-1-2-4-12(11)20-17/h1-8H,(H,19,20)(H,22,25)(H3,21,23,24,26,27). The number of nitrogens with zero attached hydrogens (tertiary/aromatic N) is 2. The number of imidazole rings is 1. The van der Waals surface area contributed by atoms with Crippen LogP contribution in [0.2, 0.25) is 0 Å². The Labute approximate surface area is 150 Å². The van der Waals surface area contributed by atoms with Gasteiger partial charge in [-0.2, -0.15) is 5.10 Å². The number of carbonyl (C=O) groups is 1. The number of benzene rings is 2. The molecule has 3 heterocycles. The van der Waals surface area contributed by atoms with Crippen LogP contribution in [-0.4, -0.2) is 36.3 Å². The van der Waals surface area contributed by atoms with Crippen molar-refractivity contribution in [3.63, 3.8) is 0 Å². The summed E-state index contributed by atoms with van der Waals surface area (Å²) in [6.45, 7) is 0. The molecule has 5 rings (SSSR count). The Morgan fingerprint density at radius 3 is 2.70 bits per heavy atom. The fourth-order valence-electron chi connectivity index (χ4n) is 3.00. The van der Waals surface area contributed by atoms with Crippen LogP contribution in [0.15, 0.2) is 53.3 Å². The number of nitrogens with one attached hydrogen (secondary N) is 5. The fraction of sp³-hybridized carbons (Fsp3) is 0. The van der Waals surface area contributed by atoms with E-state index in [1.807, 2.05) is 30.3 Å². The summed E-state index contributed by atoms with van der Waals surface area (Å²) in [6, 6.07) is 14.2. The van der Waals surface area contributed by atoms with Crippen LogP contribution in [0.4, 0.5) is 5.82 Å². The van der Waals surface area contributed by atoms with Crippen LogP contribution in [0.1, 0.15) is 10.4 Å². The molecule has 0 aliphatic rings. The fourth-order valence-corrected chi connectivity index (χ4v) is 3.00. The highest BCUT2D eigenvalue weighted by Gasteiger charge is 2.15. The van der Waals surface area contributed by atoms with Gasteiger partial charge in [-0.1, -0.05) is 12.1 Å². The first kappa shape index (κ1) is 15.1. The highest BCUT2D eigenvalue weighted by atomic mass is 16.2. The van der Waals surface area contributed by atoms with Crippen molar-refractivity contribution in [1.29, 1.82) is 0 Å². The van der Waals surface area contributed by atoms with Crippen LogP contribution >= 0.6 is 0 Å². The van der Waals surface area contributed by atoms with Gasteiger partial charge in [-0.15, -0.1) is 0 Å². The lowest BCUT2D eigenvalue weighted by molar-refractivity contribution is 0.102. The van der Waals surface area contributed by atoms with E-state index in [0.717, 1.165) is 16.4 Å². The molecule has 0 aliphatic heterocycles. The van der Waals surface area contributed by atoms with Gasteiger partial charge in [0.2, 0.25) is 0 Å². The highest BCUT2D eigenvalue weighted by Crippen LogP contribution is 2.26. The second-order valence-electron chi connectivity index (χ2n) is 6.06. The molecule has 0 saturated heterocycles. The molecule has 0 atom stereocenters. The molecule has 0 radical (unpaired) electrons. The van der Waals surface area contributed by atoms with Crippen molar-refractivity contribution < 1.29 is 4.79 Å². The molecular formula is C18H13N7O2. The molecule has 1 amide bonds. The van der Waals surface area contributed by atoms with E-state index in [4.69, 9.17) is 0 Å². The van der Waals surface area contributed by atoms with Crippen molar-refractivity contribution in [2.24, 2.45) is 0 Å². The van der Waals surface area contributed by atoms with E-state index in [9.17, 15) is 9.59 Å². The number of anilines is 1. The number of H-pyrrole nitrogens is 4. The van der Waals surface area contributed by atoms with Crippen molar-refractivity contribution >= 4 is 33.7 Å². The molecule has 0 fully saturated rings. The molecule has 27 heavy (non-hydrogen) atoms. The van der Waals surface area contributed by atoms with Crippen LogP contribution in [0.5, 0.6) is 0 Å². The average Bonchev–Trinajstić information content (AvgIpc) is 3.38. The van der Waals surface area contributed by atoms with E-state index in [-0.39, 0.29) is 11.5 Å². The Balaban J connectivity index is 1.50. The molecule has 9 heteroatoms. The number of fused-ring (bicyclic) bond motifs is 2. The largest absolute Gasteiger partial charge is 0.337 e. The second kappa shape index (κ2) is 5.70. The molecule has 5 N–H and O–H groups in total. The van der Waals surface area contributed by atoms with Crippen molar-refractivity contribution in [3.8, 4) is 11.5 Å². The van der Waals surface area contributed by atoms with E-state index >= 15 is 0 Å². The SMILES string of the molecule is O=C(Nc1cc(=O)[nH][nH]1)c1ccc2c(-c3nc4ccccc4[nH]3)n[nH]c2c1. The Kier molecular flexibility index (Phi) is 3.20. The van der Waals surface area contributed by atoms with Gasteiger partial charge in [0.05, 0.1) is 16.6 Å². The third kappa shape index (κ3) is 2.58. The summed E-state index contributed by atoms with van der Waals surface area (Å²) in [5, 5.41) is 15.7. The maximum Gasteiger partial charge on any atom is 0.266 e. The summed E-state index contributed by atoms with van der Waals surface area (Å²) in [5.41, 5.74) is 3.30. The van der Waals surface area contributed by atoms with Gasteiger partial charge in [0.25, 0.3) is 11.5 Å². The van der Waals surface area contributed by atoms with Gasteiger partial charge in [0, 0.05) is 17.0 Å². The van der Waals surface area contributed by atoms with Crippen LogP contribution in [-0.2, 0) is 0 Å². The molecule has 0 aliphatic carbocycles. The summed E-state index contributed by atoms with van der Waals surface area (Å²) in [5.74, 6) is 0.620. The lowest BCUT2D eigenvalue weighted by Crippen LogP contribution is -2.12. The normalized spacial score (nSPS) is 11.3. The topological polar surface area (TPSA) is 135 Å². The van der Waals surface area contributed by atoms with E-state index in [1.54, 1.807) is 12.1 Å². The smallest absolute Gasteiger partial charge is 0.266 e. The van der Waals surface area contributed by atoms with Crippen molar-refractivity contribution in [2.75, 3.05) is 5.32 Å².